The van der Waals surface area contributed by atoms with E-state index < -0.39 is 23.1 Å². The van der Waals surface area contributed by atoms with E-state index in [1.54, 1.807) is 59.4 Å². The monoisotopic (exact) mass is 950 g/mol. The van der Waals surface area contributed by atoms with Crippen molar-refractivity contribution in [3.8, 4) is 34.3 Å². The lowest BCUT2D eigenvalue weighted by Crippen LogP contribution is -2.44. The molecule has 4 aromatic heterocycles. The highest BCUT2D eigenvalue weighted by atomic mass is 16.6. The first-order valence-corrected chi connectivity index (χ1v) is 24.4. The number of pyridine rings is 4. The van der Waals surface area contributed by atoms with Crippen molar-refractivity contribution in [1.29, 1.82) is 0 Å². The highest BCUT2D eigenvalue weighted by molar-refractivity contribution is 5.92. The molecular weight excluding hydrogens is 897 g/mol. The van der Waals surface area contributed by atoms with Crippen LogP contribution >= 0.6 is 0 Å². The number of ether oxygens (including phenoxy) is 4. The van der Waals surface area contributed by atoms with Gasteiger partial charge in [-0.25, -0.2) is 19.6 Å². The highest BCUT2D eigenvalue weighted by Crippen LogP contribution is 2.43. The topological polar surface area (TPSA) is 215 Å². The third-order valence-electron chi connectivity index (χ3n) is 14.7. The van der Waals surface area contributed by atoms with Crippen LogP contribution in [-0.2, 0) is 79.0 Å². The van der Waals surface area contributed by atoms with E-state index in [1.807, 2.05) is 26.0 Å². The zero-order chi connectivity index (χ0) is 49.2. The second-order valence-corrected chi connectivity index (χ2v) is 18.7. The van der Waals surface area contributed by atoms with Gasteiger partial charge in [-0.1, -0.05) is 53.4 Å². The van der Waals surface area contributed by atoms with Crippen LogP contribution in [0.1, 0.15) is 136 Å². The molecule has 0 saturated heterocycles. The number of rotatable bonds is 15. The minimum Gasteiger partial charge on any atom is -0.458 e. The van der Waals surface area contributed by atoms with Crippen LogP contribution in [0.25, 0.3) is 44.6 Å². The summed E-state index contributed by atoms with van der Waals surface area (Å²) in [6.45, 7) is 7.55. The quantitative estimate of drug-likeness (QED) is 0.0589. The Kier molecular flexibility index (Phi) is 12.0. The lowest BCUT2D eigenvalue weighted by molar-refractivity contribution is -0.172. The van der Waals surface area contributed by atoms with Gasteiger partial charge < -0.3 is 38.3 Å². The van der Waals surface area contributed by atoms with Crippen LogP contribution in [0.4, 0.5) is 0 Å². The standard InChI is InChI=1S/C54H54N4O12/c1-5-31-33-21-29(17-19-41(33)55-47-35(31)25-57-43(47)23-39-37(49(57)61)27-67-51(63)53(39,65)7-3)69-45(59)15-13-11-9-10-12-14-16-46(60)70-30-18-20-42-34(22-30)32(6-2)36-26-58-44(48(36)56-42)24-40-38(50(58)62)28-68-52(64)54(40,66)8-4/h17-24,65-66H,5-16,25-28H2,1-4H3/t53-,54-/m0/s1. The molecule has 0 saturated carbocycles. The summed E-state index contributed by atoms with van der Waals surface area (Å²) >= 11 is 0. The Morgan fingerprint density at radius 1 is 0.586 bits per heavy atom. The molecule has 0 aliphatic carbocycles. The molecule has 16 heteroatoms. The van der Waals surface area contributed by atoms with Gasteiger partial charge in [0, 0.05) is 45.9 Å². The number of hydrogen-bond donors (Lipinski definition) is 2. The summed E-state index contributed by atoms with van der Waals surface area (Å²) in [5.41, 5.74) is 3.99. The third kappa shape index (κ3) is 7.59. The minimum absolute atomic E-state index is 0.0603. The first kappa shape index (κ1) is 46.7. The molecule has 0 radical (unpaired) electrons. The van der Waals surface area contributed by atoms with Crippen LogP contribution in [0.3, 0.4) is 0 Å². The van der Waals surface area contributed by atoms with E-state index in [-0.39, 0.29) is 97.3 Å². The number of esters is 4. The van der Waals surface area contributed by atoms with Gasteiger partial charge in [-0.3, -0.25) is 19.2 Å². The van der Waals surface area contributed by atoms with Gasteiger partial charge in [-0.05, 0) is 98.2 Å². The molecule has 10 rings (SSSR count). The Morgan fingerprint density at radius 2 is 0.986 bits per heavy atom. The van der Waals surface area contributed by atoms with Crippen LogP contribution in [0.2, 0.25) is 0 Å². The second-order valence-electron chi connectivity index (χ2n) is 18.7. The molecule has 8 heterocycles. The van der Waals surface area contributed by atoms with Crippen molar-refractivity contribution in [2.24, 2.45) is 0 Å². The van der Waals surface area contributed by atoms with Crippen molar-refractivity contribution in [2.75, 3.05) is 0 Å². The summed E-state index contributed by atoms with van der Waals surface area (Å²) in [5.74, 6) is -1.39. The summed E-state index contributed by atoms with van der Waals surface area (Å²) in [5, 5.41) is 24.1. The lowest BCUT2D eigenvalue weighted by atomic mass is 9.86. The van der Waals surface area contributed by atoms with E-state index in [0.29, 0.717) is 71.0 Å². The van der Waals surface area contributed by atoms with Crippen LogP contribution in [0.5, 0.6) is 11.5 Å². The first-order chi connectivity index (χ1) is 33.7. The van der Waals surface area contributed by atoms with Gasteiger partial charge in [0.25, 0.3) is 11.1 Å². The largest absolute Gasteiger partial charge is 0.458 e. The van der Waals surface area contributed by atoms with E-state index in [2.05, 4.69) is 0 Å². The Bertz CT molecular complexity index is 3130. The van der Waals surface area contributed by atoms with Crippen molar-refractivity contribution >= 4 is 45.7 Å². The number of nitrogens with zero attached hydrogens (tertiary/aromatic N) is 4. The van der Waals surface area contributed by atoms with Crippen molar-refractivity contribution in [3.63, 3.8) is 0 Å². The number of cyclic esters (lactones) is 2. The fraction of sp³-hybridized carbons (Fsp3) is 0.407. The molecule has 2 atom stereocenters. The maximum atomic E-state index is 13.7. The van der Waals surface area contributed by atoms with Gasteiger partial charge in [-0.2, -0.15) is 0 Å². The van der Waals surface area contributed by atoms with Gasteiger partial charge in [0.2, 0.25) is 0 Å². The van der Waals surface area contributed by atoms with E-state index in [4.69, 9.17) is 28.9 Å². The van der Waals surface area contributed by atoms with Crippen LogP contribution in [0, 0.1) is 0 Å². The van der Waals surface area contributed by atoms with Crippen molar-refractivity contribution in [1.82, 2.24) is 19.1 Å². The second kappa shape index (κ2) is 18.0. The fourth-order valence-electron chi connectivity index (χ4n) is 10.8. The predicted molar refractivity (Wildman–Crippen MR) is 256 cm³/mol. The molecule has 0 spiro atoms. The van der Waals surface area contributed by atoms with Gasteiger partial charge in [0.05, 0.1) is 58.0 Å². The number of unbranched alkanes of at least 4 members (excludes halogenated alkanes) is 5. The summed E-state index contributed by atoms with van der Waals surface area (Å²) in [4.78, 5) is 88.3. The van der Waals surface area contributed by atoms with Crippen molar-refractivity contribution in [3.05, 3.63) is 114 Å². The van der Waals surface area contributed by atoms with Gasteiger partial charge in [0.15, 0.2) is 11.2 Å². The molecule has 2 N–H and O–H groups in total. The maximum Gasteiger partial charge on any atom is 0.343 e. The normalized spacial score (nSPS) is 18.4. The van der Waals surface area contributed by atoms with E-state index in [1.165, 1.54) is 0 Å². The SMILES string of the molecule is CCc1c2c(nc3ccc(OC(=O)CCCCCCCCC(=O)Oc4ccc5nc6c(c(CC)c5c4)Cn4c-6cc5c(c4=O)COC(=O)[C@]5(O)CC)cc13)-c1cc3c(c(=O)n1C2)COC(=O)[C@]3(O)CC. The summed E-state index contributed by atoms with van der Waals surface area (Å²) < 4.78 is 25.2. The smallest absolute Gasteiger partial charge is 0.343 e. The van der Waals surface area contributed by atoms with Crippen LogP contribution in [-0.4, -0.2) is 53.2 Å². The zero-order valence-corrected chi connectivity index (χ0v) is 39.7. The number of carbonyl (C=O) groups is 4. The number of benzene rings is 2. The van der Waals surface area contributed by atoms with E-state index in [0.717, 1.165) is 58.7 Å². The maximum absolute atomic E-state index is 13.7. The van der Waals surface area contributed by atoms with Crippen LogP contribution < -0.4 is 20.6 Å². The highest BCUT2D eigenvalue weighted by Gasteiger charge is 2.47. The molecule has 2 aromatic carbocycles. The third-order valence-corrected chi connectivity index (χ3v) is 14.7. The number of aryl methyl sites for hydroxylation is 2. The number of aromatic nitrogens is 4. The average molecular weight is 951 g/mol. The predicted octanol–water partition coefficient (Wildman–Crippen LogP) is 7.23. The molecule has 0 amide bonds. The number of fused-ring (bicyclic) bond motifs is 10. The molecule has 16 nitrogen and oxygen atoms in total. The number of hydrogen-bond acceptors (Lipinski definition) is 14. The Balaban J connectivity index is 0.702. The van der Waals surface area contributed by atoms with Crippen molar-refractivity contribution in [2.45, 2.75) is 142 Å². The molecule has 0 fully saturated rings. The molecule has 0 bridgehead atoms. The molecular formula is C54H54N4O12. The van der Waals surface area contributed by atoms with Gasteiger partial charge in [0.1, 0.15) is 24.7 Å². The summed E-state index contributed by atoms with van der Waals surface area (Å²) in [6, 6.07) is 14.1. The minimum atomic E-state index is -1.91. The summed E-state index contributed by atoms with van der Waals surface area (Å²) in [7, 11) is 0. The number of aliphatic hydroxyl groups is 2. The molecule has 4 aliphatic heterocycles. The first-order valence-electron chi connectivity index (χ1n) is 24.4. The Labute approximate surface area is 402 Å². The van der Waals surface area contributed by atoms with Gasteiger partial charge >= 0.3 is 23.9 Å². The number of carbonyl (C=O) groups excluding carboxylic acids is 4. The Hall–Kier alpha value is -7.04. The molecule has 4 aliphatic rings. The van der Waals surface area contributed by atoms with Crippen molar-refractivity contribution < 1.29 is 48.3 Å². The molecule has 362 valence electrons. The fourth-order valence-corrected chi connectivity index (χ4v) is 10.8. The van der Waals surface area contributed by atoms with Gasteiger partial charge in [-0.15, -0.1) is 0 Å². The van der Waals surface area contributed by atoms with E-state index >= 15 is 0 Å². The Morgan fingerprint density at radius 3 is 1.37 bits per heavy atom. The zero-order valence-electron chi connectivity index (χ0n) is 39.7. The molecule has 0 unspecified atom stereocenters. The summed E-state index contributed by atoms with van der Waals surface area (Å²) in [6.07, 6.45) is 6.68. The molecule has 70 heavy (non-hydrogen) atoms. The average Bonchev–Trinajstić information content (AvgIpc) is 3.92. The lowest BCUT2D eigenvalue weighted by Gasteiger charge is -2.31. The van der Waals surface area contributed by atoms with E-state index in [9.17, 15) is 39.0 Å². The molecule has 6 aromatic rings. The van der Waals surface area contributed by atoms with Crippen LogP contribution in [0.15, 0.2) is 58.1 Å².